The molecule has 0 radical (unpaired) electrons. The van der Waals surface area contributed by atoms with Gasteiger partial charge in [0.15, 0.2) is 12.6 Å². The fourth-order valence-corrected chi connectivity index (χ4v) is 7.52. The van der Waals surface area contributed by atoms with Gasteiger partial charge in [-0.15, -0.1) is 0 Å². The van der Waals surface area contributed by atoms with E-state index in [2.05, 4.69) is 20.8 Å². The molecule has 4 fully saturated rings. The third kappa shape index (κ3) is 14.4. The Bertz CT molecular complexity index is 1110. The highest BCUT2D eigenvalue weighted by atomic mass is 127. The van der Waals surface area contributed by atoms with E-state index in [4.69, 9.17) is 32.0 Å². The summed E-state index contributed by atoms with van der Waals surface area (Å²) in [7, 11) is 0. The van der Waals surface area contributed by atoms with Gasteiger partial charge in [-0.1, -0.05) is 15.9 Å². The molecule has 6 rings (SSSR count). The van der Waals surface area contributed by atoms with Crippen LogP contribution in [0.15, 0.2) is 48.5 Å². The van der Waals surface area contributed by atoms with E-state index in [1.54, 1.807) is 0 Å². The fourth-order valence-electron chi connectivity index (χ4n) is 5.42. The molecule has 12 heteroatoms. The molecule has 264 valence electrons. The Balaban J connectivity index is 0.000000177. The Morgan fingerprint density at radius 1 is 0.723 bits per heavy atom. The first kappa shape index (κ1) is 38.2. The number of nitrogens with one attached hydrogen (secondary N) is 1. The number of hydrogen-bond acceptors (Lipinski definition) is 8. The molecule has 8 nitrogen and oxygen atoms in total. The summed E-state index contributed by atoms with van der Waals surface area (Å²) in [5, 5.41) is 0.834. The predicted octanol–water partition coefficient (Wildman–Crippen LogP) is 8.71. The third-order valence-electron chi connectivity index (χ3n) is 8.28. The van der Waals surface area contributed by atoms with Crippen molar-refractivity contribution in [2.45, 2.75) is 67.9 Å². The van der Waals surface area contributed by atoms with Gasteiger partial charge in [-0.3, -0.25) is 17.2 Å². The summed E-state index contributed by atoms with van der Waals surface area (Å²) >= 11 is 3.00. The Kier molecular flexibility index (Phi) is 18.0. The maximum Gasteiger partial charge on any atom is 0.199 e. The molecule has 2 aromatic carbocycles. The van der Waals surface area contributed by atoms with Gasteiger partial charge in [-0.05, 0) is 114 Å². The van der Waals surface area contributed by atoms with Gasteiger partial charge in [0.2, 0.25) is 0 Å². The van der Waals surface area contributed by atoms with Gasteiger partial charge < -0.3 is 28.4 Å². The van der Waals surface area contributed by atoms with Gasteiger partial charge in [0.1, 0.15) is 29.6 Å². The largest absolute Gasteiger partial charge is 0.493 e. The van der Waals surface area contributed by atoms with Crippen molar-refractivity contribution in [3.8, 4) is 23.0 Å². The highest BCUT2D eigenvalue weighted by Gasteiger charge is 2.27. The summed E-state index contributed by atoms with van der Waals surface area (Å²) in [6.07, 6.45) is 8.34. The van der Waals surface area contributed by atoms with Crippen molar-refractivity contribution in [3.05, 3.63) is 48.5 Å². The van der Waals surface area contributed by atoms with Crippen LogP contribution in [0.25, 0.3) is 0 Å². The molecule has 0 spiro atoms. The minimum atomic E-state index is -0.319. The second-order valence-electron chi connectivity index (χ2n) is 12.1. The topological polar surface area (TPSA) is 82.5 Å². The second-order valence-corrected chi connectivity index (χ2v) is 15.3. The van der Waals surface area contributed by atoms with Crippen molar-refractivity contribution in [3.63, 3.8) is 0 Å². The van der Waals surface area contributed by atoms with Gasteiger partial charge in [0, 0.05) is 47.6 Å². The van der Waals surface area contributed by atoms with Crippen molar-refractivity contribution in [1.82, 2.24) is 4.90 Å². The number of benzene rings is 2. The van der Waals surface area contributed by atoms with Crippen LogP contribution in [0.3, 0.4) is 0 Å². The Morgan fingerprint density at radius 3 is 1.64 bits per heavy atom. The van der Waals surface area contributed by atoms with Gasteiger partial charge in [-0.2, -0.15) is 0 Å². The summed E-state index contributed by atoms with van der Waals surface area (Å²) in [5.41, 5.74) is 0. The maximum absolute atomic E-state index is 12.3. The lowest BCUT2D eigenvalue weighted by atomic mass is 9.87. The number of ether oxygens (including phenoxy) is 6. The molecule has 4 aliphatic rings. The van der Waals surface area contributed by atoms with E-state index < -0.39 is 0 Å². The van der Waals surface area contributed by atoms with Gasteiger partial charge >= 0.3 is 0 Å². The molecule has 1 N–H and O–H groups in total. The molecule has 3 heterocycles. The standard InChI is InChI=1S/C17H24FNO3.C13H17BrO3.C5H9FIN/c18-11-14-12-19(13-14)8-10-20-15-4-6-16(7-5-15)22-17-3-1-2-9-21-17;14-8-10-15-11-4-6-12(7-5-11)17-13-3-1-2-9-16-13;6-3-4-1-5(2-4)7-8/h4-7,14,17H,1-3,8-13H2;4-7,13H,1-3,8-10H2;4-5,8H,1-3H2. The van der Waals surface area contributed by atoms with E-state index in [0.29, 0.717) is 23.1 Å². The molecule has 1 aliphatic carbocycles. The van der Waals surface area contributed by atoms with Gasteiger partial charge in [0.05, 0.1) is 33.2 Å². The highest BCUT2D eigenvalue weighted by molar-refractivity contribution is 14.1. The lowest BCUT2D eigenvalue weighted by Crippen LogP contribution is -2.49. The van der Waals surface area contributed by atoms with Crippen molar-refractivity contribution in [1.29, 1.82) is 3.56 Å². The molecule has 1 saturated carbocycles. The van der Waals surface area contributed by atoms with E-state index in [1.165, 1.54) is 6.42 Å². The highest BCUT2D eigenvalue weighted by Crippen LogP contribution is 2.36. The molecule has 0 aromatic heterocycles. The number of likely N-dealkylation sites (tertiary alicyclic amines) is 1. The predicted molar refractivity (Wildman–Crippen MR) is 191 cm³/mol. The van der Waals surface area contributed by atoms with E-state index in [9.17, 15) is 8.78 Å². The van der Waals surface area contributed by atoms with Gasteiger partial charge in [0.25, 0.3) is 0 Å². The molecule has 3 saturated heterocycles. The number of hydrogen-bond donors (Lipinski definition) is 1. The van der Waals surface area contributed by atoms with Crippen LogP contribution in [-0.4, -0.2) is 86.1 Å². The molecule has 3 aliphatic heterocycles. The second kappa shape index (κ2) is 22.2. The minimum Gasteiger partial charge on any atom is -0.493 e. The first-order chi connectivity index (χ1) is 23.1. The number of rotatable bonds is 14. The molecular formula is C35H50BrF2IN2O6. The number of alkyl halides is 4. The zero-order chi connectivity index (χ0) is 33.1. The van der Waals surface area contributed by atoms with E-state index in [1.807, 2.05) is 48.5 Å². The molecule has 2 unspecified atom stereocenters. The van der Waals surface area contributed by atoms with Crippen LogP contribution in [-0.2, 0) is 9.47 Å². The van der Waals surface area contributed by atoms with E-state index in [0.717, 1.165) is 106 Å². The zero-order valence-electron chi connectivity index (χ0n) is 27.1. The van der Waals surface area contributed by atoms with Crippen LogP contribution < -0.4 is 18.9 Å². The lowest BCUT2D eigenvalue weighted by molar-refractivity contribution is -0.106. The quantitative estimate of drug-likeness (QED) is 0.151. The lowest BCUT2D eigenvalue weighted by Gasteiger charge is -2.37. The number of nitrogens with zero attached hydrogens (tertiary/aromatic N) is 1. The minimum absolute atomic E-state index is 0.0851. The first-order valence-electron chi connectivity index (χ1n) is 16.8. The summed E-state index contributed by atoms with van der Waals surface area (Å²) in [4.78, 5) is 2.21. The van der Waals surface area contributed by atoms with Crippen molar-refractivity contribution < 1.29 is 37.2 Å². The Morgan fingerprint density at radius 2 is 1.21 bits per heavy atom. The van der Waals surface area contributed by atoms with Crippen LogP contribution in [0.5, 0.6) is 23.0 Å². The molecule has 47 heavy (non-hydrogen) atoms. The van der Waals surface area contributed by atoms with Crippen LogP contribution in [0.2, 0.25) is 0 Å². The Labute approximate surface area is 297 Å². The summed E-state index contributed by atoms with van der Waals surface area (Å²) in [6, 6.07) is 15.3. The average molecular weight is 840 g/mol. The third-order valence-corrected chi connectivity index (χ3v) is 10.5. The van der Waals surface area contributed by atoms with Crippen molar-refractivity contribution in [2.75, 3.05) is 64.7 Å². The zero-order valence-corrected chi connectivity index (χ0v) is 30.9. The number of halogens is 4. The summed E-state index contributed by atoms with van der Waals surface area (Å²) < 4.78 is 65.4. The SMILES string of the molecule is BrCCOc1ccc(OC2CCCCO2)cc1.FCC1CN(CCOc2ccc(OC3CCCCO3)cc2)C1.N=IC1CC(CF)C1. The molecule has 2 atom stereocenters. The molecule has 0 bridgehead atoms. The molecule has 0 amide bonds. The first-order valence-corrected chi connectivity index (χ1v) is 20.2. The van der Waals surface area contributed by atoms with E-state index in [-0.39, 0.29) is 52.9 Å². The van der Waals surface area contributed by atoms with Gasteiger partial charge in [-0.25, -0.2) is 0 Å². The summed E-state index contributed by atoms with van der Waals surface area (Å²) in [6.45, 7) is 5.09. The monoisotopic (exact) mass is 838 g/mol. The average Bonchev–Trinajstić information content (AvgIpc) is 3.07. The van der Waals surface area contributed by atoms with Crippen molar-refractivity contribution in [2.24, 2.45) is 11.8 Å². The normalized spacial score (nSPS) is 24.2. The van der Waals surface area contributed by atoms with Crippen molar-refractivity contribution >= 4 is 37.0 Å². The molecule has 2 aromatic rings. The maximum atomic E-state index is 12.3. The molecular weight excluding hydrogens is 789 g/mol. The smallest absolute Gasteiger partial charge is 0.199 e. The Hall–Kier alpha value is -1.61. The van der Waals surface area contributed by atoms with Crippen LogP contribution in [0.4, 0.5) is 8.78 Å². The fraction of sp³-hybridized carbons (Fsp3) is 0.657. The van der Waals surface area contributed by atoms with Crippen LogP contribution in [0.1, 0.15) is 51.4 Å². The van der Waals surface area contributed by atoms with E-state index >= 15 is 0 Å². The summed E-state index contributed by atoms with van der Waals surface area (Å²) in [5.74, 6) is 3.92. The van der Waals surface area contributed by atoms with Crippen LogP contribution in [0, 0.1) is 15.4 Å². The van der Waals surface area contributed by atoms with Crippen LogP contribution >= 0.6 is 37.0 Å².